The Morgan fingerprint density at radius 1 is 0.868 bits per heavy atom. The summed E-state index contributed by atoms with van der Waals surface area (Å²) in [7, 11) is 3.61. The third-order valence-corrected chi connectivity index (χ3v) is 6.91. The number of aromatic nitrogens is 7. The Balaban J connectivity index is 1.51. The second kappa shape index (κ2) is 8.49. The molecule has 0 saturated carbocycles. The zero-order chi connectivity index (χ0) is 26.6. The summed E-state index contributed by atoms with van der Waals surface area (Å²) in [6.45, 7) is 3.63. The molecule has 0 saturated heterocycles. The van der Waals surface area contributed by atoms with Gasteiger partial charge in [-0.05, 0) is 49.7 Å². The first-order valence-electron chi connectivity index (χ1n) is 12.1. The first kappa shape index (κ1) is 23.3. The maximum Gasteiger partial charge on any atom is 0.333 e. The van der Waals surface area contributed by atoms with Crippen LogP contribution in [0.4, 0.5) is 0 Å². The normalized spacial score (nSPS) is 11.8. The number of pyridine rings is 3. The van der Waals surface area contributed by atoms with E-state index in [4.69, 9.17) is 0 Å². The smallest absolute Gasteiger partial charge is 0.293 e. The summed E-state index contributed by atoms with van der Waals surface area (Å²) in [4.78, 5) is 27.2. The van der Waals surface area contributed by atoms with Crippen molar-refractivity contribution in [3.8, 4) is 34.1 Å². The van der Waals surface area contributed by atoms with Gasteiger partial charge in [-0.3, -0.25) is 28.8 Å². The minimum Gasteiger partial charge on any atom is -0.293 e. The molecule has 9 nitrogen and oxygen atoms in total. The van der Waals surface area contributed by atoms with Crippen LogP contribution in [0.5, 0.6) is 0 Å². The van der Waals surface area contributed by atoms with Crippen molar-refractivity contribution in [3.05, 3.63) is 89.6 Å². The lowest BCUT2D eigenvalue weighted by atomic mass is 9.91. The number of hydrogen-bond acceptors (Lipinski definition) is 6. The number of nitrogens with zero attached hydrogens (tertiary/aromatic N) is 8. The SMILES string of the molecule is Cn1cc(-c2ccc(-c3ccc4ncc5c(c4c3)n(-c3ccc(C(C)(C)C#N)nc3)c(=O)n5C)cn2)cn1. The molecule has 0 aliphatic carbocycles. The van der Waals surface area contributed by atoms with Crippen molar-refractivity contribution in [1.82, 2.24) is 33.9 Å². The molecule has 5 aromatic heterocycles. The van der Waals surface area contributed by atoms with Crippen molar-refractivity contribution < 1.29 is 0 Å². The zero-order valence-electron chi connectivity index (χ0n) is 21.4. The highest BCUT2D eigenvalue weighted by Gasteiger charge is 2.22. The van der Waals surface area contributed by atoms with Gasteiger partial charge in [0, 0.05) is 43.0 Å². The van der Waals surface area contributed by atoms with Gasteiger partial charge in [-0.15, -0.1) is 0 Å². The molecule has 0 spiro atoms. The molecule has 0 radical (unpaired) electrons. The number of rotatable bonds is 4. The van der Waals surface area contributed by atoms with Crippen LogP contribution in [-0.2, 0) is 19.5 Å². The number of imidazole rings is 1. The fourth-order valence-electron chi connectivity index (χ4n) is 4.65. The van der Waals surface area contributed by atoms with Crippen molar-refractivity contribution in [2.24, 2.45) is 14.1 Å². The van der Waals surface area contributed by atoms with Crippen LogP contribution in [0.1, 0.15) is 19.5 Å². The Morgan fingerprint density at radius 3 is 2.34 bits per heavy atom. The van der Waals surface area contributed by atoms with Crippen LogP contribution in [0, 0.1) is 11.3 Å². The summed E-state index contributed by atoms with van der Waals surface area (Å²) >= 11 is 0. The monoisotopic (exact) mass is 500 g/mol. The molecule has 0 amide bonds. The van der Waals surface area contributed by atoms with E-state index in [9.17, 15) is 10.1 Å². The summed E-state index contributed by atoms with van der Waals surface area (Å²) in [5, 5.41) is 14.5. The molecule has 5 heterocycles. The molecule has 0 unspecified atom stereocenters. The van der Waals surface area contributed by atoms with E-state index in [-0.39, 0.29) is 5.69 Å². The Morgan fingerprint density at radius 2 is 1.68 bits per heavy atom. The number of fused-ring (bicyclic) bond motifs is 3. The average molecular weight is 501 g/mol. The first-order chi connectivity index (χ1) is 18.3. The van der Waals surface area contributed by atoms with Gasteiger partial charge in [0.2, 0.25) is 0 Å². The molecule has 0 fully saturated rings. The Labute approximate surface area is 218 Å². The molecule has 1 aromatic carbocycles. The van der Waals surface area contributed by atoms with E-state index in [0.29, 0.717) is 16.9 Å². The summed E-state index contributed by atoms with van der Waals surface area (Å²) in [6, 6.07) is 15.9. The zero-order valence-corrected chi connectivity index (χ0v) is 21.4. The molecule has 38 heavy (non-hydrogen) atoms. The predicted molar refractivity (Wildman–Crippen MR) is 146 cm³/mol. The summed E-state index contributed by atoms with van der Waals surface area (Å²) in [6.07, 6.45) is 8.93. The van der Waals surface area contributed by atoms with Gasteiger partial charge in [-0.2, -0.15) is 10.4 Å². The Bertz CT molecular complexity index is 1930. The summed E-state index contributed by atoms with van der Waals surface area (Å²) in [5.74, 6) is 0. The highest BCUT2D eigenvalue weighted by atomic mass is 16.1. The first-order valence-corrected chi connectivity index (χ1v) is 12.1. The van der Waals surface area contributed by atoms with Gasteiger partial charge >= 0.3 is 5.69 Å². The van der Waals surface area contributed by atoms with Crippen LogP contribution in [0.15, 0.2) is 78.2 Å². The lowest BCUT2D eigenvalue weighted by molar-refractivity contribution is 0.658. The molecule has 6 rings (SSSR count). The van der Waals surface area contributed by atoms with Gasteiger partial charge in [-0.25, -0.2) is 4.79 Å². The van der Waals surface area contributed by atoms with Gasteiger partial charge in [0.1, 0.15) is 0 Å². The molecule has 6 aromatic rings. The second-order valence-electron chi connectivity index (χ2n) is 9.87. The van der Waals surface area contributed by atoms with Crippen LogP contribution in [0.25, 0.3) is 50.0 Å². The van der Waals surface area contributed by atoms with E-state index < -0.39 is 5.41 Å². The van der Waals surface area contributed by atoms with E-state index in [1.165, 1.54) is 0 Å². The summed E-state index contributed by atoms with van der Waals surface area (Å²) in [5.41, 5.74) is 6.29. The van der Waals surface area contributed by atoms with Crippen molar-refractivity contribution in [2.45, 2.75) is 19.3 Å². The van der Waals surface area contributed by atoms with Gasteiger partial charge in [0.25, 0.3) is 0 Å². The molecule has 9 heteroatoms. The third kappa shape index (κ3) is 3.66. The van der Waals surface area contributed by atoms with E-state index in [1.807, 2.05) is 69.7 Å². The van der Waals surface area contributed by atoms with Crippen LogP contribution in [-0.4, -0.2) is 33.9 Å². The minimum absolute atomic E-state index is 0.198. The molecule has 0 bridgehead atoms. The highest BCUT2D eigenvalue weighted by Crippen LogP contribution is 2.30. The van der Waals surface area contributed by atoms with Crippen molar-refractivity contribution in [3.63, 3.8) is 0 Å². The maximum atomic E-state index is 13.4. The fourth-order valence-corrected chi connectivity index (χ4v) is 4.65. The van der Waals surface area contributed by atoms with Gasteiger partial charge in [0.15, 0.2) is 0 Å². The van der Waals surface area contributed by atoms with E-state index >= 15 is 0 Å². The highest BCUT2D eigenvalue weighted by molar-refractivity contribution is 6.04. The third-order valence-electron chi connectivity index (χ3n) is 6.91. The topological polar surface area (TPSA) is 107 Å². The number of aryl methyl sites for hydroxylation is 2. The second-order valence-corrected chi connectivity index (χ2v) is 9.87. The Hall–Kier alpha value is -5.10. The molecule has 186 valence electrons. The maximum absolute atomic E-state index is 13.4. The summed E-state index contributed by atoms with van der Waals surface area (Å²) < 4.78 is 4.99. The van der Waals surface area contributed by atoms with Crippen LogP contribution >= 0.6 is 0 Å². The van der Waals surface area contributed by atoms with Crippen molar-refractivity contribution in [2.75, 3.05) is 0 Å². The van der Waals surface area contributed by atoms with Crippen LogP contribution in [0.2, 0.25) is 0 Å². The largest absolute Gasteiger partial charge is 0.333 e. The van der Waals surface area contributed by atoms with E-state index in [0.717, 1.165) is 38.8 Å². The molecule has 0 atom stereocenters. The van der Waals surface area contributed by atoms with Gasteiger partial charge in [0.05, 0.1) is 63.7 Å². The van der Waals surface area contributed by atoms with Crippen molar-refractivity contribution >= 4 is 21.9 Å². The lowest BCUT2D eigenvalue weighted by Crippen LogP contribution is -2.21. The number of nitriles is 1. The molecule has 0 aliphatic rings. The van der Waals surface area contributed by atoms with E-state index in [2.05, 4.69) is 26.1 Å². The molecular formula is C29H24N8O. The molecular weight excluding hydrogens is 476 g/mol. The molecule has 0 aliphatic heterocycles. The average Bonchev–Trinajstić information content (AvgIpc) is 3.49. The molecule has 0 N–H and O–H groups in total. The van der Waals surface area contributed by atoms with Gasteiger partial charge < -0.3 is 0 Å². The van der Waals surface area contributed by atoms with E-state index in [1.54, 1.807) is 45.5 Å². The standard InChI is InChI=1S/C29H24N8O/c1-29(2,17-30)26-10-7-21(14-33-26)37-27-22-11-18(5-9-24(22)32-15-25(27)36(4)28(37)38)19-6-8-23(31-12-19)20-13-34-35(3)16-20/h5-16H,1-4H3. The predicted octanol–water partition coefficient (Wildman–Crippen LogP) is 4.54. The fraction of sp³-hybridized carbons (Fsp3) is 0.172. The number of hydrogen-bond donors (Lipinski definition) is 0. The van der Waals surface area contributed by atoms with Crippen molar-refractivity contribution in [1.29, 1.82) is 5.26 Å². The van der Waals surface area contributed by atoms with Crippen LogP contribution < -0.4 is 5.69 Å². The lowest BCUT2D eigenvalue weighted by Gasteiger charge is -2.15. The quantitative estimate of drug-likeness (QED) is 0.352. The van der Waals surface area contributed by atoms with Gasteiger partial charge in [-0.1, -0.05) is 12.1 Å². The minimum atomic E-state index is -0.728. The van der Waals surface area contributed by atoms with Crippen LogP contribution in [0.3, 0.4) is 0 Å². The number of benzene rings is 1. The Kier molecular flexibility index (Phi) is 5.21.